The summed E-state index contributed by atoms with van der Waals surface area (Å²) in [5.41, 5.74) is 12.6. The van der Waals surface area contributed by atoms with Crippen LogP contribution < -0.4 is 4.90 Å². The van der Waals surface area contributed by atoms with Crippen LogP contribution in [0.25, 0.3) is 99.5 Å². The molecule has 0 aliphatic heterocycles. The number of furan rings is 3. The highest BCUT2D eigenvalue weighted by Gasteiger charge is 2.20. The molecule has 0 bridgehead atoms. The smallest absolute Gasteiger partial charge is 0.227 e. The van der Waals surface area contributed by atoms with Gasteiger partial charge in [0.25, 0.3) is 0 Å². The maximum absolute atomic E-state index is 6.41. The van der Waals surface area contributed by atoms with Crippen LogP contribution in [-0.2, 0) is 0 Å². The highest BCUT2D eigenvalue weighted by atomic mass is 16.4. The zero-order valence-corrected chi connectivity index (χ0v) is 29.2. The fraction of sp³-hybridized carbons (Fsp3) is 0. The monoisotopic (exact) mass is 708 g/mol. The van der Waals surface area contributed by atoms with Gasteiger partial charge in [-0.2, -0.15) is 0 Å². The predicted molar refractivity (Wildman–Crippen MR) is 221 cm³/mol. The van der Waals surface area contributed by atoms with Gasteiger partial charge in [0.05, 0.1) is 5.39 Å². The van der Waals surface area contributed by atoms with Gasteiger partial charge in [-0.1, -0.05) is 72.8 Å². The van der Waals surface area contributed by atoms with E-state index >= 15 is 0 Å². The first-order chi connectivity index (χ1) is 27.2. The summed E-state index contributed by atoms with van der Waals surface area (Å²) < 4.78 is 25.3. The summed E-state index contributed by atoms with van der Waals surface area (Å²) in [6, 6.07) is 58.2. The Morgan fingerprint density at radius 2 is 0.927 bits per heavy atom. The van der Waals surface area contributed by atoms with E-state index < -0.39 is 0 Å². The molecule has 258 valence electrons. The van der Waals surface area contributed by atoms with E-state index in [-0.39, 0.29) is 0 Å². The quantitative estimate of drug-likeness (QED) is 0.177. The van der Waals surface area contributed by atoms with Crippen molar-refractivity contribution in [1.82, 2.24) is 4.98 Å². The van der Waals surface area contributed by atoms with E-state index in [1.807, 2.05) is 78.9 Å². The number of benzene rings is 8. The predicted octanol–water partition coefficient (Wildman–Crippen LogP) is 14.3. The topological polar surface area (TPSA) is 68.7 Å². The van der Waals surface area contributed by atoms with E-state index in [1.165, 1.54) is 0 Å². The Kier molecular flexibility index (Phi) is 6.24. The molecule has 0 saturated carbocycles. The van der Waals surface area contributed by atoms with E-state index in [0.29, 0.717) is 5.89 Å². The molecule has 0 unspecified atom stereocenters. The van der Waals surface area contributed by atoms with Crippen molar-refractivity contribution in [3.8, 4) is 22.6 Å². The average molecular weight is 709 g/mol. The van der Waals surface area contributed by atoms with Gasteiger partial charge < -0.3 is 22.6 Å². The standard InChI is InChI=1S/C49H28N2O4/c1-2-8-30(9-3-1)49-50-40-22-25-45-47(48(40)55-49)39-26-31(16-23-44(39)53-45)29-14-17-32(18-15-29)51(33-20-24-43-38(27-33)36-11-5-7-13-42(36)52-43)34-19-21-37-35-10-4-6-12-41(35)54-46(37)28-34/h1-28H. The van der Waals surface area contributed by atoms with E-state index in [0.717, 1.165) is 111 Å². The molecule has 55 heavy (non-hydrogen) atoms. The summed E-state index contributed by atoms with van der Waals surface area (Å²) >= 11 is 0. The van der Waals surface area contributed by atoms with Gasteiger partial charge in [0.2, 0.25) is 5.89 Å². The minimum absolute atomic E-state index is 0.591. The van der Waals surface area contributed by atoms with E-state index in [4.69, 9.17) is 22.7 Å². The maximum atomic E-state index is 6.41. The van der Waals surface area contributed by atoms with Crippen molar-refractivity contribution in [1.29, 1.82) is 0 Å². The van der Waals surface area contributed by atoms with Crippen LogP contribution in [0.15, 0.2) is 188 Å². The largest absolute Gasteiger partial charge is 0.456 e. The van der Waals surface area contributed by atoms with Crippen LogP contribution in [0.4, 0.5) is 17.1 Å². The molecule has 4 aromatic heterocycles. The number of aromatic nitrogens is 1. The molecular formula is C49H28N2O4. The van der Waals surface area contributed by atoms with E-state index in [2.05, 4.69) is 95.9 Å². The maximum Gasteiger partial charge on any atom is 0.227 e. The Bertz CT molecular complexity index is 3440. The van der Waals surface area contributed by atoms with Gasteiger partial charge in [0, 0.05) is 55.6 Å². The molecule has 0 amide bonds. The van der Waals surface area contributed by atoms with Crippen LogP contribution in [-0.4, -0.2) is 4.98 Å². The second-order valence-electron chi connectivity index (χ2n) is 13.9. The summed E-state index contributed by atoms with van der Waals surface area (Å²) in [7, 11) is 0. The molecule has 6 heteroatoms. The summed E-state index contributed by atoms with van der Waals surface area (Å²) in [6.45, 7) is 0. The van der Waals surface area contributed by atoms with E-state index in [1.54, 1.807) is 0 Å². The molecule has 0 radical (unpaired) electrons. The van der Waals surface area contributed by atoms with E-state index in [9.17, 15) is 0 Å². The molecule has 0 spiro atoms. The third-order valence-electron chi connectivity index (χ3n) is 10.7. The third kappa shape index (κ3) is 4.65. The molecule has 0 N–H and O–H groups in total. The Balaban J connectivity index is 0.984. The molecule has 12 rings (SSSR count). The third-order valence-corrected chi connectivity index (χ3v) is 10.7. The summed E-state index contributed by atoms with van der Waals surface area (Å²) in [5, 5.41) is 6.26. The lowest BCUT2D eigenvalue weighted by molar-refractivity contribution is 0.622. The molecule has 0 aliphatic carbocycles. The van der Waals surface area contributed by atoms with Crippen molar-refractivity contribution >= 4 is 94.0 Å². The average Bonchev–Trinajstić information content (AvgIpc) is 4.02. The zero-order chi connectivity index (χ0) is 36.0. The number of hydrogen-bond donors (Lipinski definition) is 0. The minimum atomic E-state index is 0.591. The first-order valence-corrected chi connectivity index (χ1v) is 18.3. The normalized spacial score (nSPS) is 12.0. The van der Waals surface area contributed by atoms with Gasteiger partial charge in [-0.15, -0.1) is 0 Å². The number of para-hydroxylation sites is 2. The van der Waals surface area contributed by atoms with Crippen LogP contribution in [0, 0.1) is 0 Å². The van der Waals surface area contributed by atoms with Crippen molar-refractivity contribution < 1.29 is 17.7 Å². The Labute approximate surface area is 313 Å². The number of anilines is 3. The lowest BCUT2D eigenvalue weighted by Gasteiger charge is -2.25. The van der Waals surface area contributed by atoms with Crippen molar-refractivity contribution in [2.24, 2.45) is 0 Å². The van der Waals surface area contributed by atoms with Gasteiger partial charge in [0.15, 0.2) is 5.58 Å². The fourth-order valence-corrected chi connectivity index (χ4v) is 8.09. The second kappa shape index (κ2) is 11.5. The van der Waals surface area contributed by atoms with Gasteiger partial charge in [-0.05, 0) is 102 Å². The fourth-order valence-electron chi connectivity index (χ4n) is 8.09. The van der Waals surface area contributed by atoms with Crippen molar-refractivity contribution in [3.05, 3.63) is 170 Å². The summed E-state index contributed by atoms with van der Waals surface area (Å²) in [6.07, 6.45) is 0. The Hall–Kier alpha value is -7.57. The van der Waals surface area contributed by atoms with Gasteiger partial charge in [-0.3, -0.25) is 0 Å². The molecule has 0 aliphatic rings. The van der Waals surface area contributed by atoms with Crippen molar-refractivity contribution in [3.63, 3.8) is 0 Å². The molecule has 8 aromatic carbocycles. The molecule has 0 fully saturated rings. The number of fused-ring (bicyclic) bond motifs is 11. The number of oxazole rings is 1. The van der Waals surface area contributed by atoms with Gasteiger partial charge in [0.1, 0.15) is 39.0 Å². The lowest BCUT2D eigenvalue weighted by atomic mass is 10.0. The number of hydrogen-bond acceptors (Lipinski definition) is 6. The van der Waals surface area contributed by atoms with Crippen LogP contribution in [0.3, 0.4) is 0 Å². The first kappa shape index (κ1) is 29.9. The number of rotatable bonds is 5. The van der Waals surface area contributed by atoms with Crippen molar-refractivity contribution in [2.75, 3.05) is 4.90 Å². The lowest BCUT2D eigenvalue weighted by Crippen LogP contribution is -2.09. The summed E-state index contributed by atoms with van der Waals surface area (Å²) in [5.74, 6) is 0.591. The number of nitrogens with zero attached hydrogens (tertiary/aromatic N) is 2. The van der Waals surface area contributed by atoms with Crippen LogP contribution in [0.2, 0.25) is 0 Å². The highest BCUT2D eigenvalue weighted by Crippen LogP contribution is 2.43. The SMILES string of the molecule is c1ccc(-c2nc3ccc4oc5ccc(-c6ccc(N(c7ccc8c(c7)oc7ccccc78)c7ccc8oc9ccccc9c8c7)cc6)cc5c4c3o2)cc1. The molecule has 6 nitrogen and oxygen atoms in total. The summed E-state index contributed by atoms with van der Waals surface area (Å²) in [4.78, 5) is 7.08. The molecular weight excluding hydrogens is 681 g/mol. The van der Waals surface area contributed by atoms with Crippen molar-refractivity contribution in [2.45, 2.75) is 0 Å². The molecule has 4 heterocycles. The van der Waals surface area contributed by atoms with Crippen LogP contribution in [0.5, 0.6) is 0 Å². The molecule has 0 saturated heterocycles. The zero-order valence-electron chi connectivity index (χ0n) is 29.2. The molecule has 12 aromatic rings. The highest BCUT2D eigenvalue weighted by molar-refractivity contribution is 6.17. The van der Waals surface area contributed by atoms with Gasteiger partial charge in [-0.25, -0.2) is 4.98 Å². The van der Waals surface area contributed by atoms with Gasteiger partial charge >= 0.3 is 0 Å². The first-order valence-electron chi connectivity index (χ1n) is 18.3. The Morgan fingerprint density at radius 1 is 0.345 bits per heavy atom. The minimum Gasteiger partial charge on any atom is -0.456 e. The molecule has 0 atom stereocenters. The van der Waals surface area contributed by atoms with Crippen LogP contribution in [0.1, 0.15) is 0 Å². The Morgan fingerprint density at radius 3 is 1.76 bits per heavy atom. The van der Waals surface area contributed by atoms with Crippen LogP contribution >= 0.6 is 0 Å². The second-order valence-corrected chi connectivity index (χ2v) is 13.9.